The lowest BCUT2D eigenvalue weighted by atomic mass is 10.1. The molecule has 23 heavy (non-hydrogen) atoms. The molecule has 0 saturated heterocycles. The highest BCUT2D eigenvalue weighted by Gasteiger charge is 2.21. The molecular weight excluding hydrogens is 318 g/mol. The van der Waals surface area contributed by atoms with Crippen LogP contribution in [-0.4, -0.2) is 33.9 Å². The molecule has 122 valence electrons. The Morgan fingerprint density at radius 1 is 1.52 bits per heavy atom. The first-order valence-corrected chi connectivity index (χ1v) is 7.77. The minimum atomic E-state index is -0.212. The molecule has 0 saturated carbocycles. The van der Waals surface area contributed by atoms with Crippen LogP contribution in [0, 0.1) is 0 Å². The number of amides is 2. The molecule has 1 aliphatic heterocycles. The molecule has 0 bridgehead atoms. The number of carbonyl (C=O) groups is 1. The van der Waals surface area contributed by atoms with Gasteiger partial charge in [0.25, 0.3) is 0 Å². The number of urea groups is 1. The Morgan fingerprint density at radius 2 is 2.39 bits per heavy atom. The average Bonchev–Trinajstić information content (AvgIpc) is 3.01. The van der Waals surface area contributed by atoms with Gasteiger partial charge in [0.2, 0.25) is 0 Å². The van der Waals surface area contributed by atoms with Gasteiger partial charge in [-0.3, -0.25) is 0 Å². The monoisotopic (exact) mass is 335 g/mol. The van der Waals surface area contributed by atoms with E-state index in [-0.39, 0.29) is 12.1 Å². The van der Waals surface area contributed by atoms with Gasteiger partial charge in [0.15, 0.2) is 0 Å². The predicted molar refractivity (Wildman–Crippen MR) is 85.5 cm³/mol. The van der Waals surface area contributed by atoms with Gasteiger partial charge in [-0.25, -0.2) is 14.5 Å². The summed E-state index contributed by atoms with van der Waals surface area (Å²) in [5.74, 6) is 1.62. The summed E-state index contributed by atoms with van der Waals surface area (Å²) in [5.41, 5.74) is 0.870. The third-order valence-electron chi connectivity index (χ3n) is 3.83. The van der Waals surface area contributed by atoms with Crippen molar-refractivity contribution in [1.82, 2.24) is 25.4 Å². The number of benzene rings is 1. The quantitative estimate of drug-likeness (QED) is 0.892. The molecule has 1 atom stereocenters. The van der Waals surface area contributed by atoms with E-state index in [0.717, 1.165) is 24.2 Å². The third-order valence-corrected chi connectivity index (χ3v) is 4.06. The van der Waals surface area contributed by atoms with E-state index >= 15 is 0 Å². The van der Waals surface area contributed by atoms with Crippen LogP contribution in [0.1, 0.15) is 17.8 Å². The van der Waals surface area contributed by atoms with Crippen molar-refractivity contribution in [3.63, 3.8) is 0 Å². The highest BCUT2D eigenvalue weighted by Crippen LogP contribution is 2.22. The van der Waals surface area contributed by atoms with Crippen molar-refractivity contribution in [3.05, 3.63) is 40.9 Å². The summed E-state index contributed by atoms with van der Waals surface area (Å²) >= 11 is 5.93. The third kappa shape index (κ3) is 3.73. The van der Waals surface area contributed by atoms with Gasteiger partial charge in [0.1, 0.15) is 17.9 Å². The molecule has 0 radical (unpaired) electrons. The summed E-state index contributed by atoms with van der Waals surface area (Å²) in [4.78, 5) is 16.2. The minimum absolute atomic E-state index is 0.0521. The van der Waals surface area contributed by atoms with Gasteiger partial charge in [-0.05, 0) is 18.6 Å². The van der Waals surface area contributed by atoms with Crippen LogP contribution >= 0.6 is 11.6 Å². The number of nitrogens with one attached hydrogen (secondary N) is 2. The number of aryl methyl sites for hydroxylation is 1. The average molecular weight is 336 g/mol. The number of rotatable bonds is 4. The SMILES string of the molecule is COc1cc(Cl)ccc1CNC(=O)NC1CCc2ncnn2C1. The van der Waals surface area contributed by atoms with Gasteiger partial charge in [-0.1, -0.05) is 17.7 Å². The number of halogens is 1. The zero-order chi connectivity index (χ0) is 16.2. The maximum atomic E-state index is 12.1. The molecule has 3 rings (SSSR count). The lowest BCUT2D eigenvalue weighted by Gasteiger charge is -2.23. The largest absolute Gasteiger partial charge is 0.496 e. The smallest absolute Gasteiger partial charge is 0.315 e. The molecule has 2 N–H and O–H groups in total. The zero-order valence-electron chi connectivity index (χ0n) is 12.8. The molecule has 0 spiro atoms. The number of hydrogen-bond donors (Lipinski definition) is 2. The molecule has 8 heteroatoms. The first-order valence-electron chi connectivity index (χ1n) is 7.39. The summed E-state index contributed by atoms with van der Waals surface area (Å²) < 4.78 is 7.09. The number of hydrogen-bond acceptors (Lipinski definition) is 4. The number of ether oxygens (including phenoxy) is 1. The number of aromatic nitrogens is 3. The first-order chi connectivity index (χ1) is 11.2. The highest BCUT2D eigenvalue weighted by molar-refractivity contribution is 6.30. The van der Waals surface area contributed by atoms with Crippen molar-refractivity contribution in [3.8, 4) is 5.75 Å². The van der Waals surface area contributed by atoms with Crippen molar-refractivity contribution in [1.29, 1.82) is 0 Å². The van der Waals surface area contributed by atoms with Gasteiger partial charge >= 0.3 is 6.03 Å². The lowest BCUT2D eigenvalue weighted by Crippen LogP contribution is -2.45. The van der Waals surface area contributed by atoms with Gasteiger partial charge < -0.3 is 15.4 Å². The van der Waals surface area contributed by atoms with Gasteiger partial charge in [0.05, 0.1) is 19.7 Å². The van der Waals surface area contributed by atoms with Crippen LogP contribution in [0.25, 0.3) is 0 Å². The van der Waals surface area contributed by atoms with Crippen LogP contribution in [0.3, 0.4) is 0 Å². The second-order valence-electron chi connectivity index (χ2n) is 5.38. The number of methoxy groups -OCH3 is 1. The minimum Gasteiger partial charge on any atom is -0.496 e. The Labute approximate surface area is 139 Å². The van der Waals surface area contributed by atoms with E-state index in [9.17, 15) is 4.79 Å². The van der Waals surface area contributed by atoms with Crippen LogP contribution in [0.4, 0.5) is 4.79 Å². The molecule has 0 fully saturated rings. The Kier molecular flexibility index (Phi) is 4.66. The Hall–Kier alpha value is -2.28. The second kappa shape index (κ2) is 6.87. The van der Waals surface area contributed by atoms with Crippen molar-refractivity contribution in [2.75, 3.05) is 7.11 Å². The topological polar surface area (TPSA) is 81.1 Å². The van der Waals surface area contributed by atoms with Crippen LogP contribution in [0.2, 0.25) is 5.02 Å². The van der Waals surface area contributed by atoms with E-state index in [2.05, 4.69) is 20.7 Å². The maximum absolute atomic E-state index is 12.1. The van der Waals surface area contributed by atoms with Crippen molar-refractivity contribution >= 4 is 17.6 Å². The van der Waals surface area contributed by atoms with Crippen molar-refractivity contribution in [2.24, 2.45) is 0 Å². The molecule has 2 amide bonds. The number of carbonyl (C=O) groups excluding carboxylic acids is 1. The molecule has 2 aromatic rings. The van der Waals surface area contributed by atoms with Crippen molar-refractivity contribution in [2.45, 2.75) is 32.0 Å². The molecule has 1 aliphatic rings. The fourth-order valence-electron chi connectivity index (χ4n) is 2.63. The standard InChI is InChI=1S/C15H18ClN5O2/c1-23-13-6-11(16)3-2-10(13)7-17-15(22)20-12-4-5-14-18-9-19-21(14)8-12/h2-3,6,9,12H,4-5,7-8H2,1H3,(H2,17,20,22). The van der Waals surface area contributed by atoms with E-state index in [4.69, 9.17) is 16.3 Å². The molecule has 0 aliphatic carbocycles. The maximum Gasteiger partial charge on any atom is 0.315 e. The van der Waals surface area contributed by atoms with Crippen LogP contribution in [0.15, 0.2) is 24.5 Å². The van der Waals surface area contributed by atoms with Crippen molar-refractivity contribution < 1.29 is 9.53 Å². The molecule has 1 unspecified atom stereocenters. The molecule has 2 heterocycles. The highest BCUT2D eigenvalue weighted by atomic mass is 35.5. The zero-order valence-corrected chi connectivity index (χ0v) is 13.5. The summed E-state index contributed by atoms with van der Waals surface area (Å²) in [6.45, 7) is 1.01. The lowest BCUT2D eigenvalue weighted by molar-refractivity contribution is 0.231. The summed E-state index contributed by atoms with van der Waals surface area (Å²) in [6, 6.07) is 5.17. The Morgan fingerprint density at radius 3 is 3.22 bits per heavy atom. The summed E-state index contributed by atoms with van der Waals surface area (Å²) in [7, 11) is 1.58. The fraction of sp³-hybridized carbons (Fsp3) is 0.400. The number of nitrogens with zero attached hydrogens (tertiary/aromatic N) is 3. The van der Waals surface area contributed by atoms with Crippen LogP contribution in [-0.2, 0) is 19.5 Å². The fourth-order valence-corrected chi connectivity index (χ4v) is 2.79. The summed E-state index contributed by atoms with van der Waals surface area (Å²) in [5, 5.41) is 10.5. The summed E-state index contributed by atoms with van der Waals surface area (Å²) in [6.07, 6.45) is 3.22. The molecule has 1 aromatic carbocycles. The Balaban J connectivity index is 1.52. The van der Waals surface area contributed by atoms with E-state index in [0.29, 0.717) is 23.9 Å². The normalized spacial score (nSPS) is 16.5. The molecule has 1 aromatic heterocycles. The van der Waals surface area contributed by atoms with E-state index in [1.165, 1.54) is 0 Å². The first kappa shape index (κ1) is 15.6. The van der Waals surface area contributed by atoms with Crippen LogP contribution < -0.4 is 15.4 Å². The molecular formula is C15H18ClN5O2. The van der Waals surface area contributed by atoms with Gasteiger partial charge in [-0.15, -0.1) is 0 Å². The van der Waals surface area contributed by atoms with Crippen LogP contribution in [0.5, 0.6) is 5.75 Å². The van der Waals surface area contributed by atoms with Gasteiger partial charge in [0, 0.05) is 23.6 Å². The second-order valence-corrected chi connectivity index (χ2v) is 5.81. The van der Waals surface area contributed by atoms with E-state index in [1.807, 2.05) is 10.7 Å². The molecule has 7 nitrogen and oxygen atoms in total. The van der Waals surface area contributed by atoms with E-state index < -0.39 is 0 Å². The Bertz CT molecular complexity index is 703. The van der Waals surface area contributed by atoms with E-state index in [1.54, 1.807) is 25.6 Å². The van der Waals surface area contributed by atoms with Gasteiger partial charge in [-0.2, -0.15) is 5.10 Å². The predicted octanol–water partition coefficient (Wildman–Crippen LogP) is 1.75. The number of fused-ring (bicyclic) bond motifs is 1.